The van der Waals surface area contributed by atoms with E-state index in [1.165, 1.54) is 16.9 Å². The minimum absolute atomic E-state index is 0.0996. The molecule has 1 aromatic heterocycles. The molecule has 1 unspecified atom stereocenters. The second kappa shape index (κ2) is 4.84. The third-order valence-corrected chi connectivity index (χ3v) is 4.22. The molecule has 1 aromatic carbocycles. The van der Waals surface area contributed by atoms with Gasteiger partial charge in [-0.1, -0.05) is 17.7 Å². The Balaban J connectivity index is 2.04. The maximum atomic E-state index is 10.8. The maximum absolute atomic E-state index is 10.8. The fourth-order valence-electron chi connectivity index (χ4n) is 2.26. The summed E-state index contributed by atoms with van der Waals surface area (Å²) in [6.07, 6.45) is 1.68. The highest BCUT2D eigenvalue weighted by Gasteiger charge is 2.23. The molecular formula is C14H11ClO2S. The van der Waals surface area contributed by atoms with Crippen LogP contribution in [0.25, 0.3) is 0 Å². The van der Waals surface area contributed by atoms with Crippen molar-refractivity contribution in [3.63, 3.8) is 0 Å². The number of halogens is 1. The smallest absolute Gasteiger partial charge is 0.160 e. The van der Waals surface area contributed by atoms with Crippen molar-refractivity contribution in [2.75, 3.05) is 6.61 Å². The van der Waals surface area contributed by atoms with E-state index in [2.05, 4.69) is 6.07 Å². The van der Waals surface area contributed by atoms with Crippen LogP contribution in [0.3, 0.4) is 0 Å². The first kappa shape index (κ1) is 11.9. The molecule has 0 bridgehead atoms. The van der Waals surface area contributed by atoms with E-state index in [-0.39, 0.29) is 6.10 Å². The molecule has 1 aliphatic heterocycles. The molecular weight excluding hydrogens is 268 g/mol. The Bertz CT molecular complexity index is 591. The highest BCUT2D eigenvalue weighted by molar-refractivity contribution is 7.11. The molecule has 0 saturated heterocycles. The number of ether oxygens (including phenoxy) is 1. The zero-order chi connectivity index (χ0) is 12.5. The van der Waals surface area contributed by atoms with E-state index >= 15 is 0 Å². The first-order valence-electron chi connectivity index (χ1n) is 5.71. The Morgan fingerprint density at radius 2 is 2.28 bits per heavy atom. The Hall–Kier alpha value is -1.16. The van der Waals surface area contributed by atoms with Crippen molar-refractivity contribution in [1.82, 2.24) is 0 Å². The van der Waals surface area contributed by atoms with Gasteiger partial charge in [0, 0.05) is 5.02 Å². The van der Waals surface area contributed by atoms with Gasteiger partial charge >= 0.3 is 0 Å². The second-order valence-corrected chi connectivity index (χ2v) is 5.62. The lowest BCUT2D eigenvalue weighted by Crippen LogP contribution is -2.16. The lowest BCUT2D eigenvalue weighted by Gasteiger charge is -2.25. The lowest BCUT2D eigenvalue weighted by molar-refractivity contribution is 0.0701. The molecule has 2 nitrogen and oxygen atoms in total. The predicted molar refractivity (Wildman–Crippen MR) is 72.7 cm³/mol. The van der Waals surface area contributed by atoms with E-state index in [1.54, 1.807) is 0 Å². The number of rotatable bonds is 2. The van der Waals surface area contributed by atoms with Crippen LogP contribution in [-0.4, -0.2) is 12.9 Å². The Kier molecular flexibility index (Phi) is 3.20. The molecule has 2 aromatic rings. The summed E-state index contributed by atoms with van der Waals surface area (Å²) in [6.45, 7) is 0.700. The highest BCUT2D eigenvalue weighted by Crippen LogP contribution is 2.35. The summed E-state index contributed by atoms with van der Waals surface area (Å²) < 4.78 is 5.84. The zero-order valence-electron chi connectivity index (χ0n) is 9.56. The third-order valence-electron chi connectivity index (χ3n) is 3.11. The monoisotopic (exact) mass is 278 g/mol. The number of hydrogen-bond donors (Lipinski definition) is 0. The summed E-state index contributed by atoms with van der Waals surface area (Å²) in [4.78, 5) is 11.5. The summed E-state index contributed by atoms with van der Waals surface area (Å²) in [5.74, 6) is 0. The van der Waals surface area contributed by atoms with Gasteiger partial charge in [-0.05, 0) is 46.7 Å². The van der Waals surface area contributed by atoms with E-state index in [9.17, 15) is 4.79 Å². The van der Waals surface area contributed by atoms with Gasteiger partial charge in [0.25, 0.3) is 0 Å². The lowest BCUT2D eigenvalue weighted by atomic mass is 9.94. The minimum Gasteiger partial charge on any atom is -0.368 e. The van der Waals surface area contributed by atoms with Gasteiger partial charge in [-0.3, -0.25) is 4.79 Å². The van der Waals surface area contributed by atoms with E-state index in [0.29, 0.717) is 6.61 Å². The predicted octanol–water partition coefficient (Wildman–Crippen LogP) is 3.88. The van der Waals surface area contributed by atoms with Crippen LogP contribution >= 0.6 is 22.9 Å². The van der Waals surface area contributed by atoms with Crippen LogP contribution in [0.5, 0.6) is 0 Å². The highest BCUT2D eigenvalue weighted by atomic mass is 35.5. The van der Waals surface area contributed by atoms with E-state index in [1.807, 2.05) is 23.6 Å². The molecule has 1 atom stereocenters. The van der Waals surface area contributed by atoms with Crippen molar-refractivity contribution in [3.05, 3.63) is 56.2 Å². The van der Waals surface area contributed by atoms with Crippen molar-refractivity contribution in [2.45, 2.75) is 12.5 Å². The van der Waals surface area contributed by atoms with Crippen LogP contribution in [-0.2, 0) is 11.2 Å². The van der Waals surface area contributed by atoms with Gasteiger partial charge in [0.1, 0.15) is 6.10 Å². The quantitative estimate of drug-likeness (QED) is 0.780. The minimum atomic E-state index is -0.0996. The maximum Gasteiger partial charge on any atom is 0.160 e. The number of fused-ring (bicyclic) bond motifs is 1. The molecule has 0 radical (unpaired) electrons. The summed E-state index contributed by atoms with van der Waals surface area (Å²) >= 11 is 7.49. The average molecular weight is 279 g/mol. The summed E-state index contributed by atoms with van der Waals surface area (Å²) in [6, 6.07) is 7.81. The summed E-state index contributed by atoms with van der Waals surface area (Å²) in [5, 5.41) is 2.69. The fourth-order valence-corrected chi connectivity index (χ4v) is 3.16. The van der Waals surface area contributed by atoms with Crippen LogP contribution in [0, 0.1) is 0 Å². The molecule has 4 heteroatoms. The molecule has 0 spiro atoms. The molecule has 18 heavy (non-hydrogen) atoms. The van der Waals surface area contributed by atoms with Crippen molar-refractivity contribution >= 4 is 29.2 Å². The number of benzene rings is 1. The molecule has 2 heterocycles. The summed E-state index contributed by atoms with van der Waals surface area (Å²) in [7, 11) is 0. The largest absolute Gasteiger partial charge is 0.368 e. The number of thiophene rings is 1. The van der Waals surface area contributed by atoms with Crippen LogP contribution in [0.4, 0.5) is 0 Å². The molecule has 3 rings (SSSR count). The number of aldehydes is 1. The van der Waals surface area contributed by atoms with Crippen LogP contribution in [0.2, 0.25) is 5.02 Å². The van der Waals surface area contributed by atoms with Crippen LogP contribution in [0.15, 0.2) is 29.6 Å². The average Bonchev–Trinajstić information content (AvgIpc) is 2.86. The standard InChI is InChI=1S/C14H11ClO2S/c15-11-2-1-9-3-4-17-14(13(9)6-11)10-5-12(7-16)18-8-10/h1-2,5-8,14H,3-4H2. The third kappa shape index (κ3) is 2.09. The molecule has 0 aliphatic carbocycles. The van der Waals surface area contributed by atoms with Gasteiger partial charge in [0.2, 0.25) is 0 Å². The molecule has 0 saturated carbocycles. The molecule has 0 N–H and O–H groups in total. The SMILES string of the molecule is O=Cc1cc(C2OCCc3ccc(Cl)cc32)cs1. The van der Waals surface area contributed by atoms with Gasteiger partial charge in [-0.2, -0.15) is 0 Å². The van der Waals surface area contributed by atoms with Gasteiger partial charge in [0.05, 0.1) is 11.5 Å². The Morgan fingerprint density at radius 1 is 1.39 bits per heavy atom. The van der Waals surface area contributed by atoms with Gasteiger partial charge < -0.3 is 4.74 Å². The first-order valence-corrected chi connectivity index (χ1v) is 6.97. The molecule has 0 fully saturated rings. The van der Waals surface area contributed by atoms with Gasteiger partial charge in [-0.25, -0.2) is 0 Å². The van der Waals surface area contributed by atoms with E-state index < -0.39 is 0 Å². The van der Waals surface area contributed by atoms with E-state index in [4.69, 9.17) is 16.3 Å². The fraction of sp³-hybridized carbons (Fsp3) is 0.214. The topological polar surface area (TPSA) is 26.3 Å². The second-order valence-electron chi connectivity index (χ2n) is 4.24. The van der Waals surface area contributed by atoms with Crippen molar-refractivity contribution in [3.8, 4) is 0 Å². The molecule has 0 amide bonds. The summed E-state index contributed by atoms with van der Waals surface area (Å²) in [5.41, 5.74) is 3.42. The number of hydrogen-bond acceptors (Lipinski definition) is 3. The van der Waals surface area contributed by atoms with Crippen LogP contribution < -0.4 is 0 Å². The van der Waals surface area contributed by atoms with Crippen molar-refractivity contribution in [1.29, 1.82) is 0 Å². The normalized spacial score (nSPS) is 18.4. The van der Waals surface area contributed by atoms with E-state index in [0.717, 1.165) is 33.7 Å². The molecule has 1 aliphatic rings. The first-order chi connectivity index (χ1) is 8.78. The van der Waals surface area contributed by atoms with Gasteiger partial charge in [-0.15, -0.1) is 11.3 Å². The van der Waals surface area contributed by atoms with Crippen LogP contribution in [0.1, 0.15) is 32.5 Å². The Morgan fingerprint density at radius 3 is 3.06 bits per heavy atom. The van der Waals surface area contributed by atoms with Gasteiger partial charge in [0.15, 0.2) is 6.29 Å². The zero-order valence-corrected chi connectivity index (χ0v) is 11.1. The van der Waals surface area contributed by atoms with Crippen molar-refractivity contribution < 1.29 is 9.53 Å². The van der Waals surface area contributed by atoms with Crippen molar-refractivity contribution in [2.24, 2.45) is 0 Å². The number of carbonyl (C=O) groups excluding carboxylic acids is 1. The number of carbonyl (C=O) groups is 1. The molecule has 92 valence electrons. The Labute approximate surface area is 114 Å².